The van der Waals surface area contributed by atoms with E-state index in [1.807, 2.05) is 5.32 Å². The number of sulfonamides is 1. The largest absolute Gasteiger partial charge is 0.347 e. The van der Waals surface area contributed by atoms with E-state index in [9.17, 15) is 22.0 Å². The lowest BCUT2D eigenvalue weighted by Crippen LogP contribution is -2.29. The van der Waals surface area contributed by atoms with E-state index in [0.717, 1.165) is 0 Å². The van der Waals surface area contributed by atoms with E-state index in [1.165, 1.54) is 24.3 Å². The van der Waals surface area contributed by atoms with E-state index in [1.54, 1.807) is 30.3 Å². The minimum Gasteiger partial charge on any atom is -0.347 e. The average molecular weight is 340 g/mol. The van der Waals surface area contributed by atoms with Gasteiger partial charge in [0.25, 0.3) is 15.9 Å². The smallest absolute Gasteiger partial charge is 0.315 e. The summed E-state index contributed by atoms with van der Waals surface area (Å²) in [4.78, 5) is 11.0. The molecule has 122 valence electrons. The first-order chi connectivity index (χ1) is 10.9. The topological polar surface area (TPSA) is 75.3 Å². The zero-order valence-electron chi connectivity index (χ0n) is 11.9. The van der Waals surface area contributed by atoms with E-state index in [-0.39, 0.29) is 17.1 Å². The van der Waals surface area contributed by atoms with Crippen LogP contribution in [0.1, 0.15) is 5.56 Å². The number of alkyl halides is 2. The van der Waals surface area contributed by atoms with Crippen molar-refractivity contribution in [2.24, 2.45) is 0 Å². The van der Waals surface area contributed by atoms with Crippen molar-refractivity contribution in [2.45, 2.75) is 17.9 Å². The minimum absolute atomic E-state index is 0.0754. The highest BCUT2D eigenvalue weighted by atomic mass is 32.2. The number of carbonyl (C=O) groups is 1. The molecule has 8 heteroatoms. The number of para-hydroxylation sites is 1. The van der Waals surface area contributed by atoms with Crippen LogP contribution in [0.15, 0.2) is 59.5 Å². The molecule has 0 saturated heterocycles. The molecule has 2 aromatic carbocycles. The van der Waals surface area contributed by atoms with Gasteiger partial charge in [0.2, 0.25) is 0 Å². The Morgan fingerprint density at radius 3 is 2.26 bits per heavy atom. The molecule has 0 aliphatic heterocycles. The summed E-state index contributed by atoms with van der Waals surface area (Å²) in [7, 11) is -3.80. The first kappa shape index (κ1) is 16.9. The predicted molar refractivity (Wildman–Crippen MR) is 81.5 cm³/mol. The van der Waals surface area contributed by atoms with Crippen molar-refractivity contribution >= 4 is 21.6 Å². The molecule has 0 aromatic heterocycles. The second-order valence-electron chi connectivity index (χ2n) is 4.59. The standard InChI is InChI=1S/C15H14F2N2O3S/c16-14(17)15(20)18-10-11-6-4-5-9-13(11)19-23(21,22)12-7-2-1-3-8-12/h1-9,14,19H,10H2,(H,18,20). The summed E-state index contributed by atoms with van der Waals surface area (Å²) in [5, 5.41) is 2.04. The number of amides is 1. The quantitative estimate of drug-likeness (QED) is 0.848. The summed E-state index contributed by atoms with van der Waals surface area (Å²) in [6.07, 6.45) is -3.12. The number of rotatable bonds is 6. The fourth-order valence-corrected chi connectivity index (χ4v) is 2.96. The monoisotopic (exact) mass is 340 g/mol. The Morgan fingerprint density at radius 1 is 1.00 bits per heavy atom. The van der Waals surface area contributed by atoms with Gasteiger partial charge in [-0.3, -0.25) is 9.52 Å². The van der Waals surface area contributed by atoms with Crippen LogP contribution in [0.25, 0.3) is 0 Å². The van der Waals surface area contributed by atoms with Crippen molar-refractivity contribution in [1.82, 2.24) is 5.32 Å². The Kier molecular flexibility index (Phi) is 5.28. The Bertz CT molecular complexity index is 780. The van der Waals surface area contributed by atoms with Gasteiger partial charge < -0.3 is 5.32 Å². The third-order valence-corrected chi connectivity index (χ3v) is 4.35. The van der Waals surface area contributed by atoms with Crippen molar-refractivity contribution in [1.29, 1.82) is 0 Å². The van der Waals surface area contributed by atoms with Crippen molar-refractivity contribution in [3.05, 3.63) is 60.2 Å². The van der Waals surface area contributed by atoms with Crippen LogP contribution in [0.4, 0.5) is 14.5 Å². The molecule has 0 saturated carbocycles. The van der Waals surface area contributed by atoms with Crippen molar-refractivity contribution < 1.29 is 22.0 Å². The summed E-state index contributed by atoms with van der Waals surface area (Å²) in [5.74, 6) is -1.41. The number of halogens is 2. The average Bonchev–Trinajstić information content (AvgIpc) is 2.54. The number of benzene rings is 2. The molecule has 0 unspecified atom stereocenters. The summed E-state index contributed by atoms with van der Waals surface area (Å²) in [6, 6.07) is 14.0. The lowest BCUT2D eigenvalue weighted by molar-refractivity contribution is -0.131. The van der Waals surface area contributed by atoms with Gasteiger partial charge in [0.05, 0.1) is 10.6 Å². The van der Waals surface area contributed by atoms with Crippen molar-refractivity contribution in [2.75, 3.05) is 4.72 Å². The predicted octanol–water partition coefficient (Wildman–Crippen LogP) is 2.37. The van der Waals surface area contributed by atoms with E-state index in [2.05, 4.69) is 4.72 Å². The van der Waals surface area contributed by atoms with Gasteiger partial charge in [0.1, 0.15) is 0 Å². The zero-order valence-corrected chi connectivity index (χ0v) is 12.7. The summed E-state index contributed by atoms with van der Waals surface area (Å²) >= 11 is 0. The molecule has 0 atom stereocenters. The first-order valence-corrected chi connectivity index (χ1v) is 8.10. The molecular formula is C15H14F2N2O3S. The van der Waals surface area contributed by atoms with Crippen LogP contribution < -0.4 is 10.0 Å². The van der Waals surface area contributed by atoms with E-state index >= 15 is 0 Å². The van der Waals surface area contributed by atoms with Gasteiger partial charge in [-0.2, -0.15) is 8.78 Å². The van der Waals surface area contributed by atoms with E-state index < -0.39 is 22.4 Å². The maximum Gasteiger partial charge on any atom is 0.315 e. The molecule has 1 amide bonds. The molecule has 0 aliphatic carbocycles. The fraction of sp³-hybridized carbons (Fsp3) is 0.133. The molecule has 2 aromatic rings. The SMILES string of the molecule is O=C(NCc1ccccc1NS(=O)(=O)c1ccccc1)C(F)F. The van der Waals surface area contributed by atoms with Gasteiger partial charge in [-0.05, 0) is 23.8 Å². The van der Waals surface area contributed by atoms with Gasteiger partial charge in [-0.1, -0.05) is 36.4 Å². The lowest BCUT2D eigenvalue weighted by atomic mass is 10.2. The normalized spacial score (nSPS) is 11.3. The van der Waals surface area contributed by atoms with Crippen LogP contribution in [-0.2, 0) is 21.4 Å². The van der Waals surface area contributed by atoms with E-state index in [0.29, 0.717) is 5.56 Å². The molecule has 0 aliphatic rings. The Labute approximate surface area is 132 Å². The second-order valence-corrected chi connectivity index (χ2v) is 6.28. The fourth-order valence-electron chi connectivity index (χ4n) is 1.84. The van der Waals surface area contributed by atoms with Crippen LogP contribution in [-0.4, -0.2) is 20.8 Å². The minimum atomic E-state index is -3.80. The lowest BCUT2D eigenvalue weighted by Gasteiger charge is -2.13. The molecular weight excluding hydrogens is 326 g/mol. The second kappa shape index (κ2) is 7.19. The molecule has 5 nitrogen and oxygen atoms in total. The van der Waals surface area contributed by atoms with Crippen LogP contribution >= 0.6 is 0 Å². The molecule has 0 fully saturated rings. The maximum absolute atomic E-state index is 12.3. The Hall–Kier alpha value is -2.48. The van der Waals surface area contributed by atoms with Crippen LogP contribution in [0, 0.1) is 0 Å². The van der Waals surface area contributed by atoms with Gasteiger partial charge in [-0.15, -0.1) is 0 Å². The number of anilines is 1. The van der Waals surface area contributed by atoms with Gasteiger partial charge >= 0.3 is 6.43 Å². The number of nitrogens with one attached hydrogen (secondary N) is 2. The summed E-state index contributed by atoms with van der Waals surface area (Å²) < 4.78 is 51.4. The summed E-state index contributed by atoms with van der Waals surface area (Å²) in [5.41, 5.74) is 0.590. The molecule has 0 radical (unpaired) electrons. The summed E-state index contributed by atoms with van der Waals surface area (Å²) in [6.45, 7) is -0.212. The van der Waals surface area contributed by atoms with Crippen LogP contribution in [0.5, 0.6) is 0 Å². The van der Waals surface area contributed by atoms with Crippen LogP contribution in [0.3, 0.4) is 0 Å². The number of hydrogen-bond acceptors (Lipinski definition) is 3. The van der Waals surface area contributed by atoms with Gasteiger partial charge in [0, 0.05) is 6.54 Å². The zero-order chi connectivity index (χ0) is 16.9. The number of carbonyl (C=O) groups excluding carboxylic acids is 1. The molecule has 0 bridgehead atoms. The van der Waals surface area contributed by atoms with Crippen molar-refractivity contribution in [3.63, 3.8) is 0 Å². The molecule has 2 N–H and O–H groups in total. The molecule has 2 rings (SSSR count). The highest BCUT2D eigenvalue weighted by molar-refractivity contribution is 7.92. The molecule has 0 spiro atoms. The first-order valence-electron chi connectivity index (χ1n) is 6.62. The molecule has 0 heterocycles. The molecule has 23 heavy (non-hydrogen) atoms. The van der Waals surface area contributed by atoms with E-state index in [4.69, 9.17) is 0 Å². The van der Waals surface area contributed by atoms with Crippen molar-refractivity contribution in [3.8, 4) is 0 Å². The maximum atomic E-state index is 12.3. The van der Waals surface area contributed by atoms with Gasteiger partial charge in [-0.25, -0.2) is 8.42 Å². The Balaban J connectivity index is 2.19. The highest BCUT2D eigenvalue weighted by Crippen LogP contribution is 2.20. The van der Waals surface area contributed by atoms with Crippen LogP contribution in [0.2, 0.25) is 0 Å². The third kappa shape index (κ3) is 4.49. The highest BCUT2D eigenvalue weighted by Gasteiger charge is 2.17. The Morgan fingerprint density at radius 2 is 1.61 bits per heavy atom. The third-order valence-electron chi connectivity index (χ3n) is 2.97. The number of hydrogen-bond donors (Lipinski definition) is 2. The van der Waals surface area contributed by atoms with Gasteiger partial charge in [0.15, 0.2) is 0 Å².